The molecule has 2 aliphatic rings. The first kappa shape index (κ1) is 19.6. The Morgan fingerprint density at radius 3 is 2.07 bits per heavy atom. The smallest absolute Gasteiger partial charge is 0.204 e. The molecule has 1 fully saturated rings. The fourth-order valence-corrected chi connectivity index (χ4v) is 4.32. The Bertz CT molecular complexity index is 1030. The van der Waals surface area contributed by atoms with E-state index in [1.165, 1.54) is 47.3 Å². The maximum absolute atomic E-state index is 4.92. The maximum Gasteiger partial charge on any atom is 0.204 e. The first-order chi connectivity index (χ1) is 13.8. The van der Waals surface area contributed by atoms with Gasteiger partial charge in [0.05, 0.1) is 5.57 Å². The van der Waals surface area contributed by atoms with Gasteiger partial charge in [0.2, 0.25) is 5.69 Å². The summed E-state index contributed by atoms with van der Waals surface area (Å²) in [5, 5.41) is 2.30. The highest BCUT2D eigenvalue weighted by atomic mass is 35.5. The van der Waals surface area contributed by atoms with E-state index in [1.54, 1.807) is 0 Å². The summed E-state index contributed by atoms with van der Waals surface area (Å²) < 4.78 is 0. The van der Waals surface area contributed by atoms with Crippen LogP contribution in [0.4, 0.5) is 11.5 Å². The average molecular weight is 405 g/mol. The van der Waals surface area contributed by atoms with Crippen LogP contribution in [0.2, 0.25) is 0 Å². The van der Waals surface area contributed by atoms with Crippen LogP contribution in [-0.4, -0.2) is 23.1 Å². The second kappa shape index (κ2) is 8.36. The number of aryl methyl sites for hydroxylation is 1. The number of nitrogens with two attached hydrogens (primary N) is 1. The molecule has 1 saturated heterocycles. The van der Waals surface area contributed by atoms with Crippen LogP contribution in [0, 0.1) is 6.92 Å². The van der Waals surface area contributed by atoms with Gasteiger partial charge in [-0.15, -0.1) is 0 Å². The van der Waals surface area contributed by atoms with Gasteiger partial charge in [0.1, 0.15) is 11.5 Å². The fourth-order valence-electron chi connectivity index (χ4n) is 4.32. The molecule has 148 valence electrons. The van der Waals surface area contributed by atoms with Crippen LogP contribution < -0.4 is 22.6 Å². The van der Waals surface area contributed by atoms with Crippen LogP contribution in [-0.2, 0) is 0 Å². The Hall–Kier alpha value is -2.69. The highest BCUT2D eigenvalue weighted by molar-refractivity contribution is 6.01. The molecular weight excluding hydrogens is 380 g/mol. The summed E-state index contributed by atoms with van der Waals surface area (Å²) in [6.45, 7) is 4.17. The monoisotopic (exact) mass is 404 g/mol. The lowest BCUT2D eigenvalue weighted by atomic mass is 9.98. The quantitative estimate of drug-likeness (QED) is 0.705. The van der Waals surface area contributed by atoms with E-state index in [2.05, 4.69) is 70.9 Å². The van der Waals surface area contributed by atoms with Gasteiger partial charge in [-0.2, -0.15) is 0 Å². The molecule has 4 nitrogen and oxygen atoms in total. The molecule has 0 unspecified atom stereocenters. The molecule has 2 aromatic carbocycles. The number of nitrogens with zero attached hydrogens (tertiary/aromatic N) is 3. The zero-order valence-electron chi connectivity index (χ0n) is 16.6. The largest absolute Gasteiger partial charge is 1.00 e. The van der Waals surface area contributed by atoms with Crippen molar-refractivity contribution in [3.05, 3.63) is 83.3 Å². The molecule has 0 spiro atoms. The van der Waals surface area contributed by atoms with E-state index in [4.69, 9.17) is 9.97 Å². The van der Waals surface area contributed by atoms with Crippen LogP contribution in [0.1, 0.15) is 41.9 Å². The number of rotatable bonds is 3. The molecule has 0 bridgehead atoms. The van der Waals surface area contributed by atoms with E-state index in [0.717, 1.165) is 30.4 Å². The minimum absolute atomic E-state index is 0. The van der Waals surface area contributed by atoms with Crippen LogP contribution in [0.25, 0.3) is 11.3 Å². The second-order valence-corrected chi connectivity index (χ2v) is 7.57. The number of benzene rings is 2. The summed E-state index contributed by atoms with van der Waals surface area (Å²) in [6.07, 6.45) is 3.79. The summed E-state index contributed by atoms with van der Waals surface area (Å²) in [5.41, 5.74) is 7.12. The fraction of sp³-hybridized carbons (Fsp3) is 0.250. The Kier molecular flexibility index (Phi) is 5.65. The van der Waals surface area contributed by atoms with Crippen molar-refractivity contribution in [2.24, 2.45) is 0 Å². The maximum atomic E-state index is 4.92. The highest BCUT2D eigenvalue weighted by Gasteiger charge is 2.35. The summed E-state index contributed by atoms with van der Waals surface area (Å²) in [7, 11) is 0. The first-order valence-corrected chi connectivity index (χ1v) is 10.1. The second-order valence-electron chi connectivity index (χ2n) is 7.57. The lowest BCUT2D eigenvalue weighted by Gasteiger charge is -2.28. The van der Waals surface area contributed by atoms with E-state index in [9.17, 15) is 0 Å². The number of anilines is 1. The summed E-state index contributed by atoms with van der Waals surface area (Å²) in [4.78, 5) is 12.2. The predicted molar refractivity (Wildman–Crippen MR) is 113 cm³/mol. The zero-order valence-corrected chi connectivity index (χ0v) is 17.4. The van der Waals surface area contributed by atoms with Gasteiger partial charge < -0.3 is 17.3 Å². The molecule has 2 N–H and O–H groups in total. The molecule has 5 heteroatoms. The van der Waals surface area contributed by atoms with Crippen molar-refractivity contribution < 1.29 is 17.7 Å². The first-order valence-electron chi connectivity index (χ1n) is 10.1. The predicted octanol–water partition coefficient (Wildman–Crippen LogP) is 0.904. The topological polar surface area (TPSA) is 45.6 Å². The van der Waals surface area contributed by atoms with E-state index in [0.29, 0.717) is 0 Å². The highest BCUT2D eigenvalue weighted by Crippen LogP contribution is 2.39. The van der Waals surface area contributed by atoms with Gasteiger partial charge in [-0.05, 0) is 43.9 Å². The molecule has 3 aromatic rings. The van der Waals surface area contributed by atoms with Crippen molar-refractivity contribution in [1.82, 2.24) is 9.97 Å². The van der Waals surface area contributed by atoms with Crippen molar-refractivity contribution in [3.8, 4) is 0 Å². The van der Waals surface area contributed by atoms with Crippen molar-refractivity contribution >= 4 is 22.8 Å². The average Bonchev–Trinajstić information content (AvgIpc) is 3.14. The summed E-state index contributed by atoms with van der Waals surface area (Å²) in [6, 6.07) is 21.3. The molecule has 3 heterocycles. The molecular formula is C24H25ClN4. The third-order valence-electron chi connectivity index (χ3n) is 5.64. The number of piperidine rings is 1. The zero-order chi connectivity index (χ0) is 18.9. The minimum Gasteiger partial charge on any atom is -1.00 e. The summed E-state index contributed by atoms with van der Waals surface area (Å²) >= 11 is 0. The van der Waals surface area contributed by atoms with E-state index in [-0.39, 0.29) is 12.4 Å². The number of fused-ring (bicyclic) bond motifs is 1. The lowest BCUT2D eigenvalue weighted by molar-refractivity contribution is -0.464. The van der Waals surface area contributed by atoms with Crippen molar-refractivity contribution in [1.29, 1.82) is 0 Å². The molecule has 0 amide bonds. The van der Waals surface area contributed by atoms with Crippen LogP contribution >= 0.6 is 0 Å². The Balaban J connectivity index is 0.00000205. The Morgan fingerprint density at radius 2 is 1.41 bits per heavy atom. The van der Waals surface area contributed by atoms with Crippen LogP contribution in [0.15, 0.2) is 60.7 Å². The molecule has 5 rings (SSSR count). The van der Waals surface area contributed by atoms with E-state index >= 15 is 0 Å². The van der Waals surface area contributed by atoms with Crippen LogP contribution in [0.3, 0.4) is 0 Å². The van der Waals surface area contributed by atoms with Gasteiger partial charge >= 0.3 is 0 Å². The minimum atomic E-state index is 0. The Morgan fingerprint density at radius 1 is 0.793 bits per heavy atom. The van der Waals surface area contributed by atoms with Crippen molar-refractivity contribution in [3.63, 3.8) is 0 Å². The molecule has 0 atom stereocenters. The Labute approximate surface area is 178 Å². The van der Waals surface area contributed by atoms with Gasteiger partial charge in [0, 0.05) is 18.7 Å². The van der Waals surface area contributed by atoms with Gasteiger partial charge in [-0.25, -0.2) is 9.97 Å². The van der Waals surface area contributed by atoms with E-state index in [1.807, 2.05) is 6.92 Å². The number of halogens is 1. The lowest BCUT2D eigenvalue weighted by Crippen LogP contribution is -3.00. The number of hydrogen-bond acceptors (Lipinski definition) is 3. The van der Waals surface area contributed by atoms with Gasteiger partial charge in [-0.1, -0.05) is 48.5 Å². The van der Waals surface area contributed by atoms with Crippen molar-refractivity contribution in [2.45, 2.75) is 26.2 Å². The molecule has 0 aliphatic carbocycles. The van der Waals surface area contributed by atoms with E-state index < -0.39 is 0 Å². The third-order valence-corrected chi connectivity index (χ3v) is 5.64. The number of aromatic nitrogens is 2. The van der Waals surface area contributed by atoms with Gasteiger partial charge in [0.25, 0.3) is 0 Å². The molecule has 0 saturated carbocycles. The molecule has 0 radical (unpaired) electrons. The third kappa shape index (κ3) is 3.66. The van der Waals surface area contributed by atoms with Crippen LogP contribution in [0.5, 0.6) is 0 Å². The standard InChI is InChI=1S/C24H24N4.ClH/c1-17-25-22-20(18-11-5-2-6-12-18)21(19-13-7-3-8-14-19)27-23(22)24(26-17)28-15-9-4-10-16-28;/h2-3,5-8,11-14,27H,4,9-10,15-16H2,1H3;1H. The molecule has 29 heavy (non-hydrogen) atoms. The molecule has 2 aliphatic heterocycles. The number of quaternary nitrogens is 1. The van der Waals surface area contributed by atoms with Gasteiger partial charge in [-0.3, -0.25) is 5.32 Å². The van der Waals surface area contributed by atoms with Crippen molar-refractivity contribution in [2.75, 3.05) is 18.0 Å². The normalized spacial score (nSPS) is 15.8. The van der Waals surface area contributed by atoms with Gasteiger partial charge in [0.15, 0.2) is 11.5 Å². The summed E-state index contributed by atoms with van der Waals surface area (Å²) in [5.74, 6) is 1.94. The SMILES string of the molecule is Cc1nc2c(c(N3CCCCC3)n1)[NH2+]C(c1ccccc1)=C2c1ccccc1.[Cl-]. The number of hydrogen-bond donors (Lipinski definition) is 1. The molecule has 1 aromatic heterocycles.